The summed E-state index contributed by atoms with van der Waals surface area (Å²) in [6, 6.07) is 5.59. The van der Waals surface area contributed by atoms with E-state index in [2.05, 4.69) is 22.9 Å². The van der Waals surface area contributed by atoms with Gasteiger partial charge in [-0.15, -0.1) is 0 Å². The number of benzene rings is 2. The van der Waals surface area contributed by atoms with Crippen molar-refractivity contribution in [3.05, 3.63) is 39.4 Å². The Labute approximate surface area is 242 Å². The second-order valence-corrected chi connectivity index (χ2v) is 11.0. The van der Waals surface area contributed by atoms with Gasteiger partial charge in [-0.05, 0) is 51.7 Å². The molecule has 0 saturated carbocycles. The normalized spacial score (nSPS) is 22.3. The zero-order valence-corrected chi connectivity index (χ0v) is 24.8. The molecule has 0 amide bonds. The monoisotopic (exact) mass is 618 g/mol. The molecular weight excluding hydrogens is 584 g/mol. The molecule has 0 unspecified atom stereocenters. The standard InChI is InChI=1S/C30H35BrO9/c1-5-6-7-8-9-10-23(32)40-27-17-12-21-20(38-15-39-21)11-16(17)24(25-19(27)14-37-30(25)33)18-13-22(34-2)28(35-3)29(36-4)26(18)31/h11-13,19,24-25,27H,5-10,14-15H2,1-4H3/t19-,24-,25-,27-/m0/s1. The van der Waals surface area contributed by atoms with Gasteiger partial charge in [0.1, 0.15) is 6.10 Å². The summed E-state index contributed by atoms with van der Waals surface area (Å²) in [6.45, 7) is 2.39. The predicted octanol–water partition coefficient (Wildman–Crippen LogP) is 6.08. The number of unbranched alkanes of at least 4 members (excludes halogenated alkanes) is 4. The molecule has 1 saturated heterocycles. The van der Waals surface area contributed by atoms with Gasteiger partial charge in [0.2, 0.25) is 12.5 Å². The molecule has 5 rings (SSSR count). The molecule has 0 spiro atoms. The van der Waals surface area contributed by atoms with E-state index in [9.17, 15) is 9.59 Å². The molecule has 2 aliphatic heterocycles. The quantitative estimate of drug-likeness (QED) is 0.219. The van der Waals surface area contributed by atoms with Crippen molar-refractivity contribution in [1.29, 1.82) is 0 Å². The number of methoxy groups -OCH3 is 3. The minimum atomic E-state index is -0.666. The van der Waals surface area contributed by atoms with Crippen LogP contribution in [0.15, 0.2) is 22.7 Å². The first-order valence-corrected chi connectivity index (χ1v) is 14.5. The largest absolute Gasteiger partial charge is 0.493 e. The van der Waals surface area contributed by atoms with Crippen LogP contribution in [0.1, 0.15) is 74.2 Å². The minimum absolute atomic E-state index is 0.0912. The summed E-state index contributed by atoms with van der Waals surface area (Å²) >= 11 is 3.71. The minimum Gasteiger partial charge on any atom is -0.493 e. The van der Waals surface area contributed by atoms with E-state index in [4.69, 9.17) is 33.2 Å². The number of fused-ring (bicyclic) bond motifs is 3. The first-order valence-electron chi connectivity index (χ1n) is 13.7. The topological polar surface area (TPSA) is 98.8 Å². The lowest BCUT2D eigenvalue weighted by Crippen LogP contribution is -2.36. The van der Waals surface area contributed by atoms with Crippen molar-refractivity contribution in [2.75, 3.05) is 34.7 Å². The summed E-state index contributed by atoms with van der Waals surface area (Å²) in [5.74, 6) is 0.363. The number of carbonyl (C=O) groups excluding carboxylic acids is 2. The first kappa shape index (κ1) is 28.4. The molecular formula is C30H35BrO9. The van der Waals surface area contributed by atoms with Crippen molar-refractivity contribution in [3.63, 3.8) is 0 Å². The van der Waals surface area contributed by atoms with E-state index < -0.39 is 17.9 Å². The van der Waals surface area contributed by atoms with E-state index in [1.807, 2.05) is 18.2 Å². The smallest absolute Gasteiger partial charge is 0.310 e. The van der Waals surface area contributed by atoms with Crippen molar-refractivity contribution in [1.82, 2.24) is 0 Å². The molecule has 4 atom stereocenters. The van der Waals surface area contributed by atoms with Crippen LogP contribution >= 0.6 is 15.9 Å². The second-order valence-electron chi connectivity index (χ2n) is 10.3. The van der Waals surface area contributed by atoms with Crippen LogP contribution in [0, 0.1) is 11.8 Å². The lowest BCUT2D eigenvalue weighted by molar-refractivity contribution is -0.154. The molecule has 40 heavy (non-hydrogen) atoms. The Morgan fingerprint density at radius 2 is 1.60 bits per heavy atom. The summed E-state index contributed by atoms with van der Waals surface area (Å²) in [4.78, 5) is 26.4. The molecule has 216 valence electrons. The molecule has 1 aliphatic carbocycles. The maximum Gasteiger partial charge on any atom is 0.310 e. The zero-order chi connectivity index (χ0) is 28.4. The average molecular weight is 620 g/mol. The summed E-state index contributed by atoms with van der Waals surface area (Å²) in [5, 5.41) is 0. The summed E-state index contributed by atoms with van der Waals surface area (Å²) < 4.78 is 40.7. The number of ether oxygens (including phenoxy) is 7. The fourth-order valence-electron chi connectivity index (χ4n) is 6.08. The van der Waals surface area contributed by atoms with Crippen LogP contribution in [0.2, 0.25) is 0 Å². The molecule has 3 aliphatic rings. The average Bonchev–Trinajstić information content (AvgIpc) is 3.58. The van der Waals surface area contributed by atoms with Gasteiger partial charge in [-0.3, -0.25) is 9.59 Å². The number of carbonyl (C=O) groups is 2. The van der Waals surface area contributed by atoms with Crippen LogP contribution in [0.25, 0.3) is 0 Å². The number of cyclic esters (lactones) is 1. The Kier molecular flexibility index (Phi) is 8.63. The molecule has 2 aromatic carbocycles. The van der Waals surface area contributed by atoms with Crippen LogP contribution in [0.5, 0.6) is 28.7 Å². The molecule has 9 nitrogen and oxygen atoms in total. The summed E-state index contributed by atoms with van der Waals surface area (Å²) in [7, 11) is 4.63. The lowest BCUT2D eigenvalue weighted by atomic mass is 9.66. The fraction of sp³-hybridized carbons (Fsp3) is 0.533. The Morgan fingerprint density at radius 1 is 0.900 bits per heavy atom. The molecule has 0 bridgehead atoms. The predicted molar refractivity (Wildman–Crippen MR) is 148 cm³/mol. The molecule has 1 fully saturated rings. The van der Waals surface area contributed by atoms with Gasteiger partial charge >= 0.3 is 11.9 Å². The van der Waals surface area contributed by atoms with Gasteiger partial charge in [0.05, 0.1) is 38.3 Å². The number of halogens is 1. The Bertz CT molecular complexity index is 1280. The van der Waals surface area contributed by atoms with Crippen molar-refractivity contribution in [2.24, 2.45) is 11.8 Å². The van der Waals surface area contributed by atoms with E-state index in [0.717, 1.165) is 48.8 Å². The molecule has 0 N–H and O–H groups in total. The van der Waals surface area contributed by atoms with E-state index in [0.29, 0.717) is 39.6 Å². The van der Waals surface area contributed by atoms with E-state index in [1.54, 1.807) is 14.2 Å². The van der Waals surface area contributed by atoms with Crippen LogP contribution < -0.4 is 23.7 Å². The SMILES string of the molecule is CCCCCCCC(=O)O[C@H]1c2cc3c(cc2[C@@H](c2cc(OC)c(OC)c(OC)c2Br)[C@H]2C(=O)OC[C@@H]21)OCO3. The third-order valence-corrected chi connectivity index (χ3v) is 8.81. The Morgan fingerprint density at radius 3 is 2.27 bits per heavy atom. The summed E-state index contributed by atoms with van der Waals surface area (Å²) in [5.41, 5.74) is 2.32. The summed E-state index contributed by atoms with van der Waals surface area (Å²) in [6.07, 6.45) is 4.80. The second kappa shape index (κ2) is 12.2. The maximum atomic E-state index is 13.4. The molecule has 2 aromatic rings. The number of hydrogen-bond donors (Lipinski definition) is 0. The molecule has 0 aromatic heterocycles. The lowest BCUT2D eigenvalue weighted by Gasteiger charge is -2.39. The van der Waals surface area contributed by atoms with E-state index >= 15 is 0 Å². The molecule has 0 radical (unpaired) electrons. The maximum absolute atomic E-state index is 13.4. The van der Waals surface area contributed by atoms with Gasteiger partial charge in [0.15, 0.2) is 23.0 Å². The highest BCUT2D eigenvalue weighted by Gasteiger charge is 2.54. The van der Waals surface area contributed by atoms with Crippen molar-refractivity contribution in [2.45, 2.75) is 57.5 Å². The highest BCUT2D eigenvalue weighted by atomic mass is 79.9. The highest BCUT2D eigenvalue weighted by Crippen LogP contribution is 2.58. The fourth-order valence-corrected chi connectivity index (χ4v) is 6.78. The third kappa shape index (κ3) is 5.06. The van der Waals surface area contributed by atoms with Crippen LogP contribution in [-0.4, -0.2) is 46.7 Å². The number of esters is 2. The van der Waals surface area contributed by atoms with E-state index in [1.165, 1.54) is 7.11 Å². The Balaban J connectivity index is 1.60. The first-order chi connectivity index (χ1) is 19.4. The van der Waals surface area contributed by atoms with Gasteiger partial charge in [0, 0.05) is 23.8 Å². The van der Waals surface area contributed by atoms with Gasteiger partial charge in [-0.2, -0.15) is 0 Å². The molecule has 2 heterocycles. The number of rotatable bonds is 11. The van der Waals surface area contributed by atoms with Gasteiger partial charge in [-0.1, -0.05) is 32.6 Å². The van der Waals surface area contributed by atoms with Gasteiger partial charge in [0.25, 0.3) is 0 Å². The van der Waals surface area contributed by atoms with Crippen LogP contribution in [0.3, 0.4) is 0 Å². The van der Waals surface area contributed by atoms with Gasteiger partial charge in [-0.25, -0.2) is 0 Å². The van der Waals surface area contributed by atoms with Crippen molar-refractivity contribution >= 4 is 27.9 Å². The zero-order valence-electron chi connectivity index (χ0n) is 23.3. The highest BCUT2D eigenvalue weighted by molar-refractivity contribution is 9.10. The van der Waals surface area contributed by atoms with Crippen LogP contribution in [-0.2, 0) is 19.1 Å². The van der Waals surface area contributed by atoms with E-state index in [-0.39, 0.29) is 31.3 Å². The third-order valence-electron chi connectivity index (χ3n) is 7.99. The van der Waals surface area contributed by atoms with Crippen molar-refractivity contribution in [3.8, 4) is 28.7 Å². The molecule has 10 heteroatoms. The van der Waals surface area contributed by atoms with Crippen molar-refractivity contribution < 1.29 is 42.7 Å². The van der Waals surface area contributed by atoms with Gasteiger partial charge < -0.3 is 33.2 Å². The number of hydrogen-bond acceptors (Lipinski definition) is 9. The Hall–Kier alpha value is -3.14. The van der Waals surface area contributed by atoms with Crippen LogP contribution in [0.4, 0.5) is 0 Å².